The van der Waals surface area contributed by atoms with Gasteiger partial charge in [0.1, 0.15) is 6.61 Å². The van der Waals surface area contributed by atoms with Crippen molar-refractivity contribution in [3.8, 4) is 17.6 Å². The predicted octanol–water partition coefficient (Wildman–Crippen LogP) is 7.67. The average Bonchev–Trinajstić information content (AvgIpc) is 2.83. The molecule has 0 aliphatic heterocycles. The number of rotatable bonds is 10. The fourth-order valence-electron chi connectivity index (χ4n) is 3.40. The van der Waals surface area contributed by atoms with Gasteiger partial charge in [-0.25, -0.2) is 0 Å². The minimum absolute atomic E-state index is 0.0415. The number of nitrogens with zero attached hydrogens (tertiary/aromatic N) is 2. The van der Waals surface area contributed by atoms with Crippen LogP contribution >= 0.6 is 23.2 Å². The zero-order valence-corrected chi connectivity index (χ0v) is 20.5. The van der Waals surface area contributed by atoms with Crippen LogP contribution < -0.4 is 9.47 Å². The van der Waals surface area contributed by atoms with Crippen LogP contribution in [-0.4, -0.2) is 11.5 Å². The second kappa shape index (κ2) is 12.1. The summed E-state index contributed by atoms with van der Waals surface area (Å²) >= 11 is 12.3. The normalized spacial score (nSPS) is 11.0. The molecule has 0 heterocycles. The van der Waals surface area contributed by atoms with E-state index in [0.717, 1.165) is 16.7 Å². The van der Waals surface area contributed by atoms with Crippen molar-refractivity contribution in [2.75, 3.05) is 6.61 Å². The number of nitriles is 1. The van der Waals surface area contributed by atoms with Gasteiger partial charge in [0.25, 0.3) is 5.69 Å². The molecule has 0 spiro atoms. The summed E-state index contributed by atoms with van der Waals surface area (Å²) in [7, 11) is 0. The summed E-state index contributed by atoms with van der Waals surface area (Å²) in [5.74, 6) is 1.08. The Labute approximate surface area is 213 Å². The fraction of sp³-hybridized carbons (Fsp3) is 0.148. The second-order valence-electron chi connectivity index (χ2n) is 7.43. The minimum atomic E-state index is -0.481. The molecule has 0 bridgehead atoms. The Bertz CT molecular complexity index is 1310. The molecule has 0 aliphatic carbocycles. The molecule has 3 aromatic rings. The third-order valence-electron chi connectivity index (χ3n) is 5.03. The van der Waals surface area contributed by atoms with Crippen LogP contribution in [0.5, 0.6) is 11.5 Å². The van der Waals surface area contributed by atoms with Gasteiger partial charge in [0.05, 0.1) is 23.2 Å². The molecule has 8 heteroatoms. The number of ether oxygens (including phenoxy) is 2. The predicted molar refractivity (Wildman–Crippen MR) is 139 cm³/mol. The van der Waals surface area contributed by atoms with Gasteiger partial charge in [0, 0.05) is 33.3 Å². The summed E-state index contributed by atoms with van der Waals surface area (Å²) in [6.07, 6.45) is 3.96. The van der Waals surface area contributed by atoms with Crippen LogP contribution in [0.15, 0.2) is 67.3 Å². The number of hydrogen-bond donors (Lipinski definition) is 0. The van der Waals surface area contributed by atoms with Gasteiger partial charge in [0.2, 0.25) is 0 Å². The molecule has 0 aromatic heterocycles. The van der Waals surface area contributed by atoms with Crippen LogP contribution in [-0.2, 0) is 13.0 Å². The number of nitro benzene ring substituents is 1. The Kier molecular flexibility index (Phi) is 8.91. The standard InChI is InChI=1S/C27H22Cl2N2O4/c1-3-5-20-12-18(13-22(16-30)19-7-10-24(11-8-19)31(32)33)14-26(34-4-2)27(20)35-17-21-6-9-23(28)15-25(21)29/h3,6-15H,1,4-5,17H2,2H3/b22-13+. The molecule has 0 saturated heterocycles. The van der Waals surface area contributed by atoms with E-state index >= 15 is 0 Å². The Morgan fingerprint density at radius 3 is 2.46 bits per heavy atom. The molecule has 3 rings (SSSR count). The SMILES string of the molecule is C=CCc1cc(/C=C(\C#N)c2ccc([N+](=O)[O-])cc2)cc(OCC)c1OCc1ccc(Cl)cc1Cl. The molecule has 3 aromatic carbocycles. The molecular formula is C27H22Cl2N2O4. The lowest BCUT2D eigenvalue weighted by Crippen LogP contribution is -2.04. The highest BCUT2D eigenvalue weighted by Crippen LogP contribution is 2.36. The van der Waals surface area contributed by atoms with E-state index in [0.29, 0.717) is 45.7 Å². The van der Waals surface area contributed by atoms with Crippen LogP contribution in [0.1, 0.15) is 29.2 Å². The highest BCUT2D eigenvalue weighted by molar-refractivity contribution is 6.35. The number of non-ortho nitro benzene ring substituents is 1. The van der Waals surface area contributed by atoms with Crippen LogP contribution in [0.2, 0.25) is 10.0 Å². The molecule has 0 radical (unpaired) electrons. The van der Waals surface area contributed by atoms with Crippen LogP contribution in [0.3, 0.4) is 0 Å². The van der Waals surface area contributed by atoms with Gasteiger partial charge in [-0.1, -0.05) is 35.3 Å². The minimum Gasteiger partial charge on any atom is -0.490 e. The Hall–Kier alpha value is -3.79. The zero-order valence-electron chi connectivity index (χ0n) is 19.0. The van der Waals surface area contributed by atoms with Gasteiger partial charge in [-0.3, -0.25) is 10.1 Å². The van der Waals surface area contributed by atoms with Crippen molar-refractivity contribution >= 4 is 40.5 Å². The first-order valence-electron chi connectivity index (χ1n) is 10.7. The molecule has 0 fully saturated rings. The van der Waals surface area contributed by atoms with Crippen molar-refractivity contribution in [2.24, 2.45) is 0 Å². The molecule has 0 saturated carbocycles. The van der Waals surface area contributed by atoms with Crippen molar-refractivity contribution in [3.05, 3.63) is 110 Å². The van der Waals surface area contributed by atoms with Gasteiger partial charge in [0.15, 0.2) is 11.5 Å². The molecule has 6 nitrogen and oxygen atoms in total. The maximum atomic E-state index is 10.9. The van der Waals surface area contributed by atoms with Gasteiger partial charge in [-0.05, 0) is 66.9 Å². The lowest BCUT2D eigenvalue weighted by molar-refractivity contribution is -0.384. The van der Waals surface area contributed by atoms with E-state index in [1.807, 2.05) is 13.0 Å². The molecule has 0 atom stereocenters. The number of allylic oxidation sites excluding steroid dienone is 2. The summed E-state index contributed by atoms with van der Waals surface area (Å²) in [4.78, 5) is 10.4. The molecule has 0 amide bonds. The summed E-state index contributed by atoms with van der Waals surface area (Å²) in [6.45, 7) is 6.32. The largest absolute Gasteiger partial charge is 0.490 e. The quantitative estimate of drug-likeness (QED) is 0.0920. The monoisotopic (exact) mass is 508 g/mol. The van der Waals surface area contributed by atoms with E-state index in [4.69, 9.17) is 32.7 Å². The average molecular weight is 509 g/mol. The summed E-state index contributed by atoms with van der Waals surface area (Å²) in [5, 5.41) is 21.7. The first-order valence-corrected chi connectivity index (χ1v) is 11.5. The zero-order chi connectivity index (χ0) is 25.4. The second-order valence-corrected chi connectivity index (χ2v) is 8.27. The number of benzene rings is 3. The number of hydrogen-bond acceptors (Lipinski definition) is 5. The van der Waals surface area contributed by atoms with Gasteiger partial charge < -0.3 is 9.47 Å². The van der Waals surface area contributed by atoms with Gasteiger partial charge in [-0.2, -0.15) is 5.26 Å². The van der Waals surface area contributed by atoms with Crippen molar-refractivity contribution in [3.63, 3.8) is 0 Å². The third kappa shape index (κ3) is 6.63. The van der Waals surface area contributed by atoms with E-state index < -0.39 is 4.92 Å². The Morgan fingerprint density at radius 2 is 1.86 bits per heavy atom. The van der Waals surface area contributed by atoms with E-state index in [2.05, 4.69) is 12.6 Å². The molecule has 0 aliphatic rings. The van der Waals surface area contributed by atoms with E-state index in [1.54, 1.807) is 48.6 Å². The maximum Gasteiger partial charge on any atom is 0.269 e. The fourth-order valence-corrected chi connectivity index (χ4v) is 3.86. The van der Waals surface area contributed by atoms with E-state index in [-0.39, 0.29) is 12.3 Å². The smallest absolute Gasteiger partial charge is 0.269 e. The van der Waals surface area contributed by atoms with Crippen molar-refractivity contribution in [1.82, 2.24) is 0 Å². The highest BCUT2D eigenvalue weighted by Gasteiger charge is 2.15. The first-order chi connectivity index (χ1) is 16.9. The molecular weight excluding hydrogens is 487 g/mol. The van der Waals surface area contributed by atoms with E-state index in [1.165, 1.54) is 12.1 Å². The summed E-state index contributed by atoms with van der Waals surface area (Å²) in [5.41, 5.74) is 3.20. The molecule has 178 valence electrons. The third-order valence-corrected chi connectivity index (χ3v) is 5.61. The summed E-state index contributed by atoms with van der Waals surface area (Å²) < 4.78 is 12.0. The van der Waals surface area contributed by atoms with Crippen molar-refractivity contribution < 1.29 is 14.4 Å². The Balaban J connectivity index is 2.00. The lowest BCUT2D eigenvalue weighted by atomic mass is 10.0. The molecule has 0 unspecified atom stereocenters. The van der Waals surface area contributed by atoms with Crippen LogP contribution in [0.25, 0.3) is 11.6 Å². The lowest BCUT2D eigenvalue weighted by Gasteiger charge is -2.17. The van der Waals surface area contributed by atoms with Gasteiger partial charge in [-0.15, -0.1) is 6.58 Å². The topological polar surface area (TPSA) is 85.4 Å². The number of halogens is 2. The van der Waals surface area contributed by atoms with Crippen LogP contribution in [0, 0.1) is 21.4 Å². The molecule has 0 N–H and O–H groups in total. The van der Waals surface area contributed by atoms with Crippen molar-refractivity contribution in [2.45, 2.75) is 20.0 Å². The van der Waals surface area contributed by atoms with Crippen molar-refractivity contribution in [1.29, 1.82) is 5.26 Å². The number of nitro groups is 1. The Morgan fingerprint density at radius 1 is 1.11 bits per heavy atom. The molecule has 35 heavy (non-hydrogen) atoms. The van der Waals surface area contributed by atoms with Gasteiger partial charge >= 0.3 is 0 Å². The summed E-state index contributed by atoms with van der Waals surface area (Å²) in [6, 6.07) is 16.9. The first kappa shape index (κ1) is 25.8. The van der Waals surface area contributed by atoms with E-state index in [9.17, 15) is 15.4 Å². The maximum absolute atomic E-state index is 10.9. The highest BCUT2D eigenvalue weighted by atomic mass is 35.5. The van der Waals surface area contributed by atoms with Crippen LogP contribution in [0.4, 0.5) is 5.69 Å².